The molecule has 6 nitrogen and oxygen atoms in total. The van der Waals surface area contributed by atoms with Crippen molar-refractivity contribution in [1.82, 2.24) is 5.32 Å². The average molecular weight is 1170 g/mol. The SMILES string of the molecule is CCCCCCCCCCCCCCCCCCCCCCCCCC(O)C(CO)NC(=O)CCCCCCCCCCCCCCCCCC/C=C\CCCCCCCCCCCCCCOC(=O)CCCCCCCCCCCCC. The van der Waals surface area contributed by atoms with Gasteiger partial charge in [0.25, 0.3) is 0 Å². The fraction of sp³-hybridized carbons (Fsp3) is 0.948. The maximum Gasteiger partial charge on any atom is 0.305 e. The van der Waals surface area contributed by atoms with Gasteiger partial charge in [0.05, 0.1) is 25.4 Å². The van der Waals surface area contributed by atoms with Crippen LogP contribution in [0.2, 0.25) is 0 Å². The van der Waals surface area contributed by atoms with Gasteiger partial charge in [0, 0.05) is 12.8 Å². The highest BCUT2D eigenvalue weighted by Gasteiger charge is 2.20. The highest BCUT2D eigenvalue weighted by atomic mass is 16.5. The number of aliphatic hydroxyl groups excluding tert-OH is 2. The summed E-state index contributed by atoms with van der Waals surface area (Å²) in [6.45, 7) is 5.00. The van der Waals surface area contributed by atoms with Crippen LogP contribution in [-0.2, 0) is 14.3 Å². The monoisotopic (exact) mass is 1170 g/mol. The van der Waals surface area contributed by atoms with Gasteiger partial charge in [0.1, 0.15) is 0 Å². The summed E-state index contributed by atoms with van der Waals surface area (Å²) in [4.78, 5) is 24.6. The molecule has 0 aliphatic heterocycles. The predicted octanol–water partition coefficient (Wildman–Crippen LogP) is 25.1. The lowest BCUT2D eigenvalue weighted by Crippen LogP contribution is -2.45. The molecule has 0 fully saturated rings. The topological polar surface area (TPSA) is 95.9 Å². The maximum absolute atomic E-state index is 12.6. The number of esters is 1. The Labute approximate surface area is 520 Å². The highest BCUT2D eigenvalue weighted by molar-refractivity contribution is 5.76. The molecule has 0 saturated heterocycles. The minimum atomic E-state index is -0.663. The van der Waals surface area contributed by atoms with Gasteiger partial charge in [-0.05, 0) is 51.4 Å². The van der Waals surface area contributed by atoms with E-state index in [0.717, 1.165) is 38.5 Å². The van der Waals surface area contributed by atoms with Crippen molar-refractivity contribution in [3.8, 4) is 0 Å². The van der Waals surface area contributed by atoms with Gasteiger partial charge in [-0.15, -0.1) is 0 Å². The van der Waals surface area contributed by atoms with E-state index in [-0.39, 0.29) is 18.5 Å². The third kappa shape index (κ3) is 69.6. The Kier molecular flexibility index (Phi) is 71.8. The van der Waals surface area contributed by atoms with Crippen LogP contribution in [0.5, 0.6) is 0 Å². The highest BCUT2D eigenvalue weighted by Crippen LogP contribution is 2.20. The Morgan fingerprint density at radius 3 is 0.855 bits per heavy atom. The van der Waals surface area contributed by atoms with Gasteiger partial charge < -0.3 is 20.3 Å². The van der Waals surface area contributed by atoms with Crippen molar-refractivity contribution in [1.29, 1.82) is 0 Å². The summed E-state index contributed by atoms with van der Waals surface area (Å²) in [6, 6.07) is -0.540. The summed E-state index contributed by atoms with van der Waals surface area (Å²) in [5, 5.41) is 23.5. The van der Waals surface area contributed by atoms with Crippen molar-refractivity contribution in [2.75, 3.05) is 13.2 Å². The number of aliphatic hydroxyl groups is 2. The number of ether oxygens (including phenoxy) is 1. The van der Waals surface area contributed by atoms with E-state index in [2.05, 4.69) is 31.3 Å². The maximum atomic E-state index is 12.6. The van der Waals surface area contributed by atoms with Gasteiger partial charge >= 0.3 is 5.97 Å². The van der Waals surface area contributed by atoms with Gasteiger partial charge in [-0.1, -0.05) is 392 Å². The summed E-state index contributed by atoms with van der Waals surface area (Å²) in [7, 11) is 0. The van der Waals surface area contributed by atoms with Gasteiger partial charge in [-0.3, -0.25) is 9.59 Å². The smallest absolute Gasteiger partial charge is 0.305 e. The van der Waals surface area contributed by atoms with Crippen LogP contribution in [0.15, 0.2) is 12.2 Å². The van der Waals surface area contributed by atoms with Crippen molar-refractivity contribution in [3.05, 3.63) is 12.2 Å². The summed E-state index contributed by atoms with van der Waals surface area (Å²) in [5.74, 6) is -0.00750. The second-order valence-electron chi connectivity index (χ2n) is 26.7. The summed E-state index contributed by atoms with van der Waals surface area (Å²) in [6.07, 6.45) is 91.5. The van der Waals surface area contributed by atoms with Crippen LogP contribution in [0.1, 0.15) is 444 Å². The van der Waals surface area contributed by atoms with Crippen LogP contribution in [0.3, 0.4) is 0 Å². The fourth-order valence-electron chi connectivity index (χ4n) is 12.5. The number of hydrogen-bond donors (Lipinski definition) is 3. The third-order valence-electron chi connectivity index (χ3n) is 18.3. The molecule has 2 unspecified atom stereocenters. The molecule has 3 N–H and O–H groups in total. The molecule has 2 atom stereocenters. The van der Waals surface area contributed by atoms with E-state index in [0.29, 0.717) is 25.9 Å². The minimum absolute atomic E-state index is 0.0190. The number of carbonyl (C=O) groups excluding carboxylic acids is 2. The first-order valence-corrected chi connectivity index (χ1v) is 38.4. The number of rotatable bonds is 73. The second-order valence-corrected chi connectivity index (χ2v) is 26.7. The zero-order valence-corrected chi connectivity index (χ0v) is 56.7. The summed E-state index contributed by atoms with van der Waals surface area (Å²) in [5.41, 5.74) is 0. The zero-order valence-electron chi connectivity index (χ0n) is 56.7. The van der Waals surface area contributed by atoms with E-state index in [1.54, 1.807) is 0 Å². The van der Waals surface area contributed by atoms with E-state index in [4.69, 9.17) is 4.74 Å². The van der Waals surface area contributed by atoms with Crippen molar-refractivity contribution in [3.63, 3.8) is 0 Å². The second kappa shape index (κ2) is 73.1. The molecule has 0 rings (SSSR count). The lowest BCUT2D eigenvalue weighted by molar-refractivity contribution is -0.143. The molecule has 0 radical (unpaired) electrons. The Balaban J connectivity index is 3.36. The minimum Gasteiger partial charge on any atom is -0.466 e. The van der Waals surface area contributed by atoms with Crippen LogP contribution in [0.4, 0.5) is 0 Å². The molecule has 0 aromatic rings. The lowest BCUT2D eigenvalue weighted by Gasteiger charge is -2.22. The van der Waals surface area contributed by atoms with Gasteiger partial charge in [-0.2, -0.15) is 0 Å². The van der Waals surface area contributed by atoms with Crippen LogP contribution >= 0.6 is 0 Å². The van der Waals surface area contributed by atoms with Gasteiger partial charge in [-0.25, -0.2) is 0 Å². The molecule has 0 spiro atoms. The van der Waals surface area contributed by atoms with Crippen molar-refractivity contribution in [2.24, 2.45) is 0 Å². The summed E-state index contributed by atoms with van der Waals surface area (Å²) >= 11 is 0. The number of amides is 1. The Morgan fingerprint density at radius 1 is 0.325 bits per heavy atom. The molecule has 1 amide bonds. The van der Waals surface area contributed by atoms with Crippen LogP contribution in [0.25, 0.3) is 0 Å². The molecular weight excluding hydrogens is 1020 g/mol. The number of hydrogen-bond acceptors (Lipinski definition) is 5. The zero-order chi connectivity index (χ0) is 59.9. The normalized spacial score (nSPS) is 12.5. The number of allylic oxidation sites excluding steroid dienone is 2. The number of nitrogens with one attached hydrogen (secondary N) is 1. The molecule has 0 saturated carbocycles. The molecule has 0 bridgehead atoms. The van der Waals surface area contributed by atoms with Crippen LogP contribution in [-0.4, -0.2) is 47.4 Å². The molecule has 0 aromatic carbocycles. The van der Waals surface area contributed by atoms with Crippen molar-refractivity contribution >= 4 is 11.9 Å². The molecule has 0 aliphatic rings. The molecule has 494 valence electrons. The van der Waals surface area contributed by atoms with Crippen LogP contribution < -0.4 is 5.32 Å². The molecule has 0 heterocycles. The molecule has 0 aromatic heterocycles. The number of unbranched alkanes of at least 4 members (excludes halogenated alkanes) is 60. The first-order valence-electron chi connectivity index (χ1n) is 38.4. The van der Waals surface area contributed by atoms with E-state index >= 15 is 0 Å². The van der Waals surface area contributed by atoms with Crippen LogP contribution in [0, 0.1) is 0 Å². The van der Waals surface area contributed by atoms with Crippen molar-refractivity contribution in [2.45, 2.75) is 456 Å². The van der Waals surface area contributed by atoms with E-state index in [9.17, 15) is 19.8 Å². The van der Waals surface area contributed by atoms with Gasteiger partial charge in [0.2, 0.25) is 5.91 Å². The Morgan fingerprint density at radius 2 is 0.566 bits per heavy atom. The molecule has 0 aliphatic carbocycles. The molecule has 83 heavy (non-hydrogen) atoms. The fourth-order valence-corrected chi connectivity index (χ4v) is 12.5. The number of carbonyl (C=O) groups is 2. The first-order chi connectivity index (χ1) is 41.0. The standard InChI is InChI=1S/C77H151NO5/c1-3-5-7-9-11-13-15-16-17-18-19-20-31-34-37-40-43-46-50-53-57-61-65-69-75(80)74(73-79)78-76(81)70-66-62-58-54-51-47-44-41-38-35-32-29-27-25-23-21-22-24-26-28-30-33-36-39-42-45-48-52-56-60-64-68-72-83-77(82)71-67-63-59-55-49-14-12-10-8-6-4-2/h24,26,74-75,79-80H,3-23,25,27-73H2,1-2H3,(H,78,81)/b26-24-. The average Bonchev–Trinajstić information content (AvgIpc) is 3.50. The summed E-state index contributed by atoms with van der Waals surface area (Å²) < 4.78 is 5.48. The predicted molar refractivity (Wildman–Crippen MR) is 366 cm³/mol. The van der Waals surface area contributed by atoms with E-state index < -0.39 is 12.1 Å². The van der Waals surface area contributed by atoms with Gasteiger partial charge in [0.15, 0.2) is 0 Å². The Bertz CT molecular complexity index is 1260. The largest absolute Gasteiger partial charge is 0.466 e. The van der Waals surface area contributed by atoms with E-state index in [1.165, 1.54) is 372 Å². The van der Waals surface area contributed by atoms with E-state index in [1.807, 2.05) is 0 Å². The lowest BCUT2D eigenvalue weighted by atomic mass is 10.0. The molecule has 6 heteroatoms. The van der Waals surface area contributed by atoms with Crippen molar-refractivity contribution < 1.29 is 24.5 Å². The first kappa shape index (κ1) is 81.6. The quantitative estimate of drug-likeness (QED) is 0.0320. The Hall–Kier alpha value is -1.40. The molecular formula is C77H151NO5. The third-order valence-corrected chi connectivity index (χ3v) is 18.3.